The topological polar surface area (TPSA) is 103 Å². The zero-order valence-electron chi connectivity index (χ0n) is 17.7. The largest absolute Gasteiger partial charge is 0.486 e. The summed E-state index contributed by atoms with van der Waals surface area (Å²) in [5.41, 5.74) is 0.848. The molecule has 0 saturated carbocycles. The lowest BCUT2D eigenvalue weighted by molar-refractivity contribution is -0.0498. The highest BCUT2D eigenvalue weighted by atomic mass is 32.2. The Balaban J connectivity index is 1.46. The van der Waals surface area contributed by atoms with Crippen molar-refractivity contribution in [3.8, 4) is 17.2 Å². The van der Waals surface area contributed by atoms with E-state index in [9.17, 15) is 22.0 Å². The molecule has 2 N–H and O–H groups in total. The molecule has 8 nitrogen and oxygen atoms in total. The molecule has 0 unspecified atom stereocenters. The van der Waals surface area contributed by atoms with Gasteiger partial charge >= 0.3 is 6.61 Å². The number of nitrogens with one attached hydrogen (secondary N) is 2. The van der Waals surface area contributed by atoms with Crippen LogP contribution in [0.15, 0.2) is 71.6 Å². The fourth-order valence-electron chi connectivity index (χ4n) is 3.23. The van der Waals surface area contributed by atoms with Crippen molar-refractivity contribution in [2.24, 2.45) is 0 Å². The first-order chi connectivity index (χ1) is 16.3. The van der Waals surface area contributed by atoms with Crippen molar-refractivity contribution in [1.82, 2.24) is 5.32 Å². The van der Waals surface area contributed by atoms with Crippen LogP contribution in [0.2, 0.25) is 0 Å². The molecular weight excluding hydrogens is 470 g/mol. The van der Waals surface area contributed by atoms with Gasteiger partial charge in [-0.25, -0.2) is 8.42 Å². The Bertz CT molecular complexity index is 1280. The number of fused-ring (bicyclic) bond motifs is 1. The molecule has 0 aliphatic carbocycles. The number of carbonyl (C=O) groups excluding carboxylic acids is 1. The number of anilines is 1. The zero-order valence-corrected chi connectivity index (χ0v) is 18.5. The van der Waals surface area contributed by atoms with Crippen molar-refractivity contribution in [3.05, 3.63) is 77.9 Å². The summed E-state index contributed by atoms with van der Waals surface area (Å²) in [6.07, 6.45) is 0. The van der Waals surface area contributed by atoms with Gasteiger partial charge in [-0.15, -0.1) is 0 Å². The maximum absolute atomic E-state index is 12.9. The second kappa shape index (κ2) is 9.96. The monoisotopic (exact) mass is 490 g/mol. The van der Waals surface area contributed by atoms with Crippen LogP contribution in [-0.2, 0) is 16.6 Å². The maximum atomic E-state index is 12.9. The van der Waals surface area contributed by atoms with E-state index in [1.54, 1.807) is 12.1 Å². The number of halogens is 2. The van der Waals surface area contributed by atoms with Crippen LogP contribution >= 0.6 is 0 Å². The fraction of sp³-hybridized carbons (Fsp3) is 0.174. The van der Waals surface area contributed by atoms with Gasteiger partial charge in [-0.1, -0.05) is 24.3 Å². The van der Waals surface area contributed by atoms with Crippen molar-refractivity contribution in [1.29, 1.82) is 0 Å². The number of amides is 1. The molecule has 1 amide bonds. The average Bonchev–Trinajstić information content (AvgIpc) is 2.83. The number of para-hydroxylation sites is 1. The average molecular weight is 490 g/mol. The molecule has 0 saturated heterocycles. The summed E-state index contributed by atoms with van der Waals surface area (Å²) in [4.78, 5) is 12.7. The summed E-state index contributed by atoms with van der Waals surface area (Å²) in [6, 6.07) is 16.2. The van der Waals surface area contributed by atoms with Crippen LogP contribution in [0.5, 0.6) is 17.2 Å². The van der Waals surface area contributed by atoms with Crippen LogP contribution in [0, 0.1) is 0 Å². The Kier molecular flexibility index (Phi) is 6.82. The quantitative estimate of drug-likeness (QED) is 0.498. The molecule has 0 aromatic heterocycles. The summed E-state index contributed by atoms with van der Waals surface area (Å²) < 4.78 is 68.0. The third-order valence-electron chi connectivity index (χ3n) is 4.84. The smallest absolute Gasteiger partial charge is 0.387 e. The molecular formula is C23H20F2N2O6S. The number of benzene rings is 3. The predicted octanol–water partition coefficient (Wildman–Crippen LogP) is 3.79. The molecule has 1 aliphatic heterocycles. The van der Waals surface area contributed by atoms with Crippen LogP contribution in [0.25, 0.3) is 0 Å². The number of carbonyl (C=O) groups is 1. The van der Waals surface area contributed by atoms with E-state index >= 15 is 0 Å². The van der Waals surface area contributed by atoms with Gasteiger partial charge in [-0.3, -0.25) is 9.52 Å². The molecule has 3 aromatic carbocycles. The van der Waals surface area contributed by atoms with Crippen LogP contribution in [-0.4, -0.2) is 34.2 Å². The highest BCUT2D eigenvalue weighted by molar-refractivity contribution is 7.92. The van der Waals surface area contributed by atoms with E-state index in [-0.39, 0.29) is 28.4 Å². The van der Waals surface area contributed by atoms with Gasteiger partial charge in [0.15, 0.2) is 11.5 Å². The molecule has 178 valence electrons. The van der Waals surface area contributed by atoms with E-state index in [0.717, 1.165) is 0 Å². The van der Waals surface area contributed by atoms with Gasteiger partial charge in [0.25, 0.3) is 15.9 Å². The van der Waals surface area contributed by atoms with E-state index in [2.05, 4.69) is 14.8 Å². The number of sulfonamides is 1. The second-order valence-electron chi connectivity index (χ2n) is 7.16. The number of rotatable bonds is 8. The summed E-state index contributed by atoms with van der Waals surface area (Å²) >= 11 is 0. The van der Waals surface area contributed by atoms with E-state index in [1.807, 2.05) is 0 Å². The lowest BCUT2D eigenvalue weighted by atomic mass is 10.1. The van der Waals surface area contributed by atoms with Gasteiger partial charge in [0.1, 0.15) is 19.0 Å². The fourth-order valence-corrected chi connectivity index (χ4v) is 4.33. The maximum Gasteiger partial charge on any atom is 0.387 e. The minimum absolute atomic E-state index is 0.00368. The second-order valence-corrected chi connectivity index (χ2v) is 8.84. The molecule has 3 aromatic rings. The highest BCUT2D eigenvalue weighted by Gasteiger charge is 2.22. The van der Waals surface area contributed by atoms with E-state index in [1.165, 1.54) is 54.6 Å². The normalized spacial score (nSPS) is 12.8. The molecule has 0 atom stereocenters. The van der Waals surface area contributed by atoms with Crippen molar-refractivity contribution < 1.29 is 36.2 Å². The minimum atomic E-state index is -4.03. The van der Waals surface area contributed by atoms with Gasteiger partial charge in [-0.2, -0.15) is 8.78 Å². The third kappa shape index (κ3) is 5.54. The van der Waals surface area contributed by atoms with Crippen molar-refractivity contribution in [2.45, 2.75) is 18.1 Å². The molecule has 1 heterocycles. The Morgan fingerprint density at radius 3 is 2.41 bits per heavy atom. The van der Waals surface area contributed by atoms with Gasteiger partial charge in [0.05, 0.1) is 16.1 Å². The number of hydrogen-bond acceptors (Lipinski definition) is 6. The first kappa shape index (κ1) is 23.3. The summed E-state index contributed by atoms with van der Waals surface area (Å²) in [5.74, 6) is 0.265. The third-order valence-corrected chi connectivity index (χ3v) is 6.20. The van der Waals surface area contributed by atoms with Crippen molar-refractivity contribution in [3.63, 3.8) is 0 Å². The summed E-state index contributed by atoms with van der Waals surface area (Å²) in [6.45, 7) is -2.13. The van der Waals surface area contributed by atoms with Gasteiger partial charge in [-0.05, 0) is 42.0 Å². The van der Waals surface area contributed by atoms with Gasteiger partial charge in [0, 0.05) is 12.6 Å². The highest BCUT2D eigenvalue weighted by Crippen LogP contribution is 2.33. The van der Waals surface area contributed by atoms with Crippen LogP contribution in [0.1, 0.15) is 15.9 Å². The lowest BCUT2D eigenvalue weighted by Gasteiger charge is -2.19. The van der Waals surface area contributed by atoms with E-state index in [4.69, 9.17) is 9.47 Å². The molecule has 0 bridgehead atoms. The number of hydrogen-bond donors (Lipinski definition) is 2. The summed E-state index contributed by atoms with van der Waals surface area (Å²) in [5, 5.41) is 2.68. The number of alkyl halides is 2. The Morgan fingerprint density at radius 2 is 1.68 bits per heavy atom. The van der Waals surface area contributed by atoms with Crippen LogP contribution in [0.4, 0.5) is 14.5 Å². The predicted molar refractivity (Wildman–Crippen MR) is 119 cm³/mol. The molecule has 4 rings (SSSR count). The summed E-state index contributed by atoms with van der Waals surface area (Å²) in [7, 11) is -4.03. The van der Waals surface area contributed by atoms with Gasteiger partial charge < -0.3 is 19.5 Å². The SMILES string of the molecule is O=C(NCc1ccc(OC(F)F)cc1)c1ccccc1NS(=O)(=O)c1ccc2c(c1)OCCO2. The van der Waals surface area contributed by atoms with E-state index in [0.29, 0.717) is 30.3 Å². The number of ether oxygens (including phenoxy) is 3. The lowest BCUT2D eigenvalue weighted by Crippen LogP contribution is -2.25. The molecule has 0 fully saturated rings. The molecule has 0 spiro atoms. The van der Waals surface area contributed by atoms with Crippen LogP contribution < -0.4 is 24.2 Å². The van der Waals surface area contributed by atoms with Crippen LogP contribution in [0.3, 0.4) is 0 Å². The van der Waals surface area contributed by atoms with Crippen molar-refractivity contribution >= 4 is 21.6 Å². The van der Waals surface area contributed by atoms with Crippen molar-refractivity contribution in [2.75, 3.05) is 17.9 Å². The molecule has 11 heteroatoms. The Morgan fingerprint density at radius 1 is 0.971 bits per heavy atom. The Hall–Kier alpha value is -3.86. The zero-order chi connectivity index (χ0) is 24.1. The molecule has 0 radical (unpaired) electrons. The molecule has 34 heavy (non-hydrogen) atoms. The molecule has 1 aliphatic rings. The Labute approximate surface area is 194 Å². The first-order valence-corrected chi connectivity index (χ1v) is 11.6. The minimum Gasteiger partial charge on any atom is -0.486 e. The van der Waals surface area contributed by atoms with E-state index < -0.39 is 22.5 Å². The standard InChI is InChI=1S/C23H20F2N2O6S/c24-23(25)33-16-7-5-15(6-8-16)14-26-22(28)18-3-1-2-4-19(18)27-34(29,30)17-9-10-20-21(13-17)32-12-11-31-20/h1-10,13,23,27H,11-12,14H2,(H,26,28). The van der Waals surface area contributed by atoms with Gasteiger partial charge in [0.2, 0.25) is 0 Å². The first-order valence-electron chi connectivity index (χ1n) is 10.2.